The topological polar surface area (TPSA) is 16.1 Å². The Kier molecular flexibility index (Phi) is 6.76. The van der Waals surface area contributed by atoms with Crippen molar-refractivity contribution < 1.29 is 0 Å². The third kappa shape index (κ3) is 5.09. The number of benzene rings is 1. The van der Waals surface area contributed by atoms with Crippen LogP contribution in [0.5, 0.6) is 0 Å². The molecule has 25 heavy (non-hydrogen) atoms. The molecule has 0 bridgehead atoms. The molecule has 0 aliphatic heterocycles. The van der Waals surface area contributed by atoms with Crippen LogP contribution in [-0.4, -0.2) is 39.5 Å². The molecule has 1 aromatic heterocycles. The molecule has 2 nitrogen and oxygen atoms in total. The number of hydrogen-bond donors (Lipinski definition) is 0. The van der Waals surface area contributed by atoms with Gasteiger partial charge in [-0.2, -0.15) is 0 Å². The second-order valence-corrected chi connectivity index (χ2v) is 21.0. The van der Waals surface area contributed by atoms with Crippen molar-refractivity contribution in [3.63, 3.8) is 0 Å². The second kappa shape index (κ2) is 8.25. The van der Waals surface area contributed by atoms with Gasteiger partial charge < -0.3 is 0 Å². The zero-order chi connectivity index (χ0) is 18.7. The van der Waals surface area contributed by atoms with E-state index >= 15 is 0 Å². The van der Waals surface area contributed by atoms with Crippen LogP contribution in [0.15, 0.2) is 54.7 Å². The molecule has 0 aliphatic carbocycles. The first-order chi connectivity index (χ1) is 11.7. The molecule has 0 amide bonds. The predicted octanol–water partition coefficient (Wildman–Crippen LogP) is 5.74. The van der Waals surface area contributed by atoms with E-state index in [-0.39, 0.29) is 0 Å². The standard InChI is InChI=1S/C19H27ClGeN2Si2/c1-24(2,3)19(17-14-10-11-15-22-17)18(16-12-8-7-9-13-16)23(21-20)25(4,5)6/h7-15H,1-6H3/b19-18-. The first-order valence-corrected chi connectivity index (χ1v) is 19.2. The molecule has 2 rings (SSSR count). The van der Waals surface area contributed by atoms with Gasteiger partial charge in [0.05, 0.1) is 0 Å². The normalized spacial score (nSPS) is 13.4. The van der Waals surface area contributed by atoms with Gasteiger partial charge in [0, 0.05) is 0 Å². The SMILES string of the molecule is C[Si](C)(C)/C(=C(/c1ccccc1)[N]([Ge][Cl])[Si](C)(C)C)c1ccccn1. The molecule has 0 saturated heterocycles. The number of aromatic nitrogens is 1. The number of nitrogens with zero attached hydrogens (tertiary/aromatic N) is 2. The van der Waals surface area contributed by atoms with Gasteiger partial charge in [-0.25, -0.2) is 0 Å². The third-order valence-corrected chi connectivity index (χ3v) is 14.7. The molecule has 1 heterocycles. The van der Waals surface area contributed by atoms with Crippen molar-refractivity contribution in [3.8, 4) is 0 Å². The molecule has 0 fully saturated rings. The second-order valence-electron chi connectivity index (χ2n) is 8.15. The molecule has 1 aromatic carbocycles. The average Bonchev–Trinajstić information content (AvgIpc) is 2.54. The molecule has 0 saturated carbocycles. The van der Waals surface area contributed by atoms with Crippen LogP contribution in [0.1, 0.15) is 11.3 Å². The van der Waals surface area contributed by atoms with E-state index in [9.17, 15) is 0 Å². The summed E-state index contributed by atoms with van der Waals surface area (Å²) in [6, 6.07) is 17.0. The van der Waals surface area contributed by atoms with Crippen LogP contribution in [-0.2, 0) is 0 Å². The maximum absolute atomic E-state index is 6.62. The molecule has 2 radical (unpaired) electrons. The van der Waals surface area contributed by atoms with E-state index in [1.54, 1.807) is 0 Å². The van der Waals surface area contributed by atoms with Crippen LogP contribution in [0.3, 0.4) is 0 Å². The van der Waals surface area contributed by atoms with Crippen molar-refractivity contribution in [2.75, 3.05) is 0 Å². The van der Waals surface area contributed by atoms with E-state index in [1.807, 2.05) is 12.3 Å². The van der Waals surface area contributed by atoms with E-state index in [0.717, 1.165) is 5.69 Å². The van der Waals surface area contributed by atoms with Crippen LogP contribution in [0.25, 0.3) is 10.9 Å². The van der Waals surface area contributed by atoms with Gasteiger partial charge in [0.2, 0.25) is 0 Å². The minimum absolute atomic E-state index is 0.732. The Hall–Kier alpha value is -0.823. The first kappa shape index (κ1) is 20.5. The maximum atomic E-state index is 6.62. The molecule has 0 spiro atoms. The van der Waals surface area contributed by atoms with Crippen molar-refractivity contribution >= 4 is 51.9 Å². The van der Waals surface area contributed by atoms with Gasteiger partial charge in [0.15, 0.2) is 0 Å². The summed E-state index contributed by atoms with van der Waals surface area (Å²) in [5.41, 5.74) is 3.69. The van der Waals surface area contributed by atoms with Crippen molar-refractivity contribution in [1.29, 1.82) is 0 Å². The fraction of sp³-hybridized carbons (Fsp3) is 0.316. The summed E-state index contributed by atoms with van der Waals surface area (Å²) in [6.07, 6.45) is 1.90. The van der Waals surface area contributed by atoms with Crippen molar-refractivity contribution in [2.24, 2.45) is 0 Å². The summed E-state index contributed by atoms with van der Waals surface area (Å²) in [6.45, 7) is 14.3. The molecule has 132 valence electrons. The molecule has 0 N–H and O–H groups in total. The molecule has 2 aromatic rings. The number of halogens is 1. The van der Waals surface area contributed by atoms with Gasteiger partial charge >= 0.3 is 166 Å². The van der Waals surface area contributed by atoms with E-state index in [2.05, 4.69) is 85.3 Å². The quantitative estimate of drug-likeness (QED) is 0.525. The fourth-order valence-corrected chi connectivity index (χ4v) is 12.9. The van der Waals surface area contributed by atoms with Gasteiger partial charge in [-0.15, -0.1) is 0 Å². The zero-order valence-electron chi connectivity index (χ0n) is 16.0. The van der Waals surface area contributed by atoms with Gasteiger partial charge in [0.25, 0.3) is 0 Å². The van der Waals surface area contributed by atoms with Crippen LogP contribution in [0.2, 0.25) is 39.3 Å². The molecule has 0 atom stereocenters. The van der Waals surface area contributed by atoms with Crippen LogP contribution in [0, 0.1) is 0 Å². The zero-order valence-corrected chi connectivity index (χ0v) is 20.8. The number of hydrogen-bond acceptors (Lipinski definition) is 2. The first-order valence-electron chi connectivity index (χ1n) is 8.54. The number of rotatable bonds is 6. The molecular formula is C19H27ClGeN2Si2. The Morgan fingerprint density at radius 1 is 0.920 bits per heavy atom. The summed E-state index contributed by atoms with van der Waals surface area (Å²) in [4.78, 5) is 4.73. The van der Waals surface area contributed by atoms with E-state index in [1.165, 1.54) is 16.5 Å². The Morgan fingerprint density at radius 2 is 1.52 bits per heavy atom. The molecular weight excluding hydrogens is 420 g/mol. The summed E-state index contributed by atoms with van der Waals surface area (Å²) in [7, 11) is 3.34. The van der Waals surface area contributed by atoms with Crippen molar-refractivity contribution in [3.05, 3.63) is 66.0 Å². The average molecular weight is 448 g/mol. The summed E-state index contributed by atoms with van der Waals surface area (Å²) >= 11 is -0.732. The van der Waals surface area contributed by atoms with Crippen LogP contribution in [0.4, 0.5) is 0 Å². The summed E-state index contributed by atoms with van der Waals surface area (Å²) in [5, 5.41) is 1.41. The third-order valence-electron chi connectivity index (χ3n) is 3.93. The van der Waals surface area contributed by atoms with Crippen LogP contribution < -0.4 is 0 Å². The van der Waals surface area contributed by atoms with Gasteiger partial charge in [-0.3, -0.25) is 0 Å². The van der Waals surface area contributed by atoms with E-state index < -0.39 is 31.0 Å². The van der Waals surface area contributed by atoms with Crippen LogP contribution >= 0.6 is 10.0 Å². The molecule has 0 unspecified atom stereocenters. The molecule has 0 aliphatic rings. The Bertz CT molecular complexity index is 723. The Labute approximate surface area is 165 Å². The summed E-state index contributed by atoms with van der Waals surface area (Å²) < 4.78 is 2.56. The van der Waals surface area contributed by atoms with Gasteiger partial charge in [0.1, 0.15) is 0 Å². The van der Waals surface area contributed by atoms with E-state index in [4.69, 9.17) is 15.0 Å². The van der Waals surface area contributed by atoms with Gasteiger partial charge in [-0.05, 0) is 0 Å². The minimum atomic E-state index is -1.67. The summed E-state index contributed by atoms with van der Waals surface area (Å²) in [5.74, 6) is 0. The Morgan fingerprint density at radius 3 is 1.96 bits per heavy atom. The van der Waals surface area contributed by atoms with E-state index in [0.29, 0.717) is 0 Å². The Balaban J connectivity index is 2.88. The molecule has 6 heteroatoms. The fourth-order valence-electron chi connectivity index (χ4n) is 2.86. The van der Waals surface area contributed by atoms with Crippen molar-refractivity contribution in [1.82, 2.24) is 8.51 Å². The van der Waals surface area contributed by atoms with Crippen molar-refractivity contribution in [2.45, 2.75) is 39.3 Å². The van der Waals surface area contributed by atoms with Gasteiger partial charge in [-0.1, -0.05) is 0 Å². The number of pyridine rings is 1. The predicted molar refractivity (Wildman–Crippen MR) is 118 cm³/mol. The monoisotopic (exact) mass is 448 g/mol.